The van der Waals surface area contributed by atoms with E-state index >= 15 is 0 Å². The number of halogens is 3. The van der Waals surface area contributed by atoms with Crippen LogP contribution in [0.5, 0.6) is 0 Å². The number of hydrogen-bond donors (Lipinski definition) is 0. The fraction of sp³-hybridized carbons (Fsp3) is 0.300. The fourth-order valence-electron chi connectivity index (χ4n) is 1.20. The van der Waals surface area contributed by atoms with Gasteiger partial charge in [0.2, 0.25) is 0 Å². The topological polar surface area (TPSA) is 27.0 Å². The third-order valence-corrected chi connectivity index (χ3v) is 2.68. The van der Waals surface area contributed by atoms with Crippen LogP contribution in [0.2, 0.25) is 0 Å². The first kappa shape index (κ1) is 12.3. The highest BCUT2D eigenvalue weighted by atomic mass is 127. The van der Waals surface area contributed by atoms with Crippen molar-refractivity contribution in [2.75, 3.05) is 14.1 Å². The van der Waals surface area contributed by atoms with Crippen molar-refractivity contribution < 1.29 is 8.78 Å². The van der Waals surface area contributed by atoms with Gasteiger partial charge >= 0.3 is 0 Å². The lowest BCUT2D eigenvalue weighted by atomic mass is 10.1. The minimum Gasteiger partial charge on any atom is -0.305 e. The number of rotatable bonds is 2. The van der Waals surface area contributed by atoms with Crippen molar-refractivity contribution in [2.24, 2.45) is 0 Å². The van der Waals surface area contributed by atoms with Crippen molar-refractivity contribution in [1.29, 1.82) is 5.26 Å². The predicted molar refractivity (Wildman–Crippen MR) is 61.2 cm³/mol. The van der Waals surface area contributed by atoms with Crippen molar-refractivity contribution in [1.82, 2.24) is 4.90 Å². The Morgan fingerprint density at radius 1 is 1.40 bits per heavy atom. The molecule has 0 radical (unpaired) electrons. The second-order valence-electron chi connectivity index (χ2n) is 3.37. The van der Waals surface area contributed by atoms with Gasteiger partial charge in [0.25, 0.3) is 0 Å². The maximum atomic E-state index is 13.4. The predicted octanol–water partition coefficient (Wildman–Crippen LogP) is 2.50. The van der Waals surface area contributed by atoms with E-state index in [-0.39, 0.29) is 11.1 Å². The molecule has 0 fully saturated rings. The van der Waals surface area contributed by atoms with Crippen LogP contribution in [0.1, 0.15) is 11.1 Å². The summed E-state index contributed by atoms with van der Waals surface area (Å²) in [7, 11) is 3.53. The van der Waals surface area contributed by atoms with Gasteiger partial charge in [0.15, 0.2) is 11.6 Å². The summed E-state index contributed by atoms with van der Waals surface area (Å²) in [5.74, 6) is -1.98. The van der Waals surface area contributed by atoms with E-state index in [9.17, 15) is 8.78 Å². The second-order valence-corrected chi connectivity index (χ2v) is 4.53. The minimum atomic E-state index is -1.05. The van der Waals surface area contributed by atoms with Crippen molar-refractivity contribution >= 4 is 22.6 Å². The molecule has 0 atom stereocenters. The average molecular weight is 322 g/mol. The largest absolute Gasteiger partial charge is 0.305 e. The molecule has 1 aromatic rings. The van der Waals surface area contributed by atoms with Crippen molar-refractivity contribution in [3.63, 3.8) is 0 Å². The smallest absolute Gasteiger partial charge is 0.177 e. The van der Waals surface area contributed by atoms with Gasteiger partial charge in [-0.2, -0.15) is 5.26 Å². The summed E-state index contributed by atoms with van der Waals surface area (Å²) in [6.07, 6.45) is 0. The quantitative estimate of drug-likeness (QED) is 0.618. The zero-order valence-electron chi connectivity index (χ0n) is 8.31. The van der Waals surface area contributed by atoms with Crippen LogP contribution in [0.25, 0.3) is 0 Å². The molecule has 0 heterocycles. The van der Waals surface area contributed by atoms with Crippen molar-refractivity contribution in [3.05, 3.63) is 32.4 Å². The van der Waals surface area contributed by atoms with Crippen LogP contribution in [-0.4, -0.2) is 19.0 Å². The molecule has 5 heteroatoms. The summed E-state index contributed by atoms with van der Waals surface area (Å²) in [5.41, 5.74) is 0.0384. The molecule has 0 spiro atoms. The Balaban J connectivity index is 3.29. The molecule has 0 aromatic heterocycles. The molecule has 80 valence electrons. The third kappa shape index (κ3) is 2.63. The van der Waals surface area contributed by atoms with Gasteiger partial charge < -0.3 is 4.90 Å². The third-order valence-electron chi connectivity index (χ3n) is 1.83. The minimum absolute atomic E-state index is 0.226. The highest BCUT2D eigenvalue weighted by Gasteiger charge is 2.17. The molecule has 0 amide bonds. The number of nitrogens with zero attached hydrogens (tertiary/aromatic N) is 2. The van der Waals surface area contributed by atoms with Gasteiger partial charge in [0.05, 0.1) is 0 Å². The molecule has 0 bridgehead atoms. The molecule has 0 aliphatic rings. The second kappa shape index (κ2) is 4.86. The Morgan fingerprint density at radius 3 is 2.47 bits per heavy atom. The zero-order valence-corrected chi connectivity index (χ0v) is 10.5. The summed E-state index contributed by atoms with van der Waals surface area (Å²) in [6.45, 7) is 0.310. The summed E-state index contributed by atoms with van der Waals surface area (Å²) in [5, 5.41) is 8.62. The summed E-state index contributed by atoms with van der Waals surface area (Å²) in [4.78, 5) is 1.74. The van der Waals surface area contributed by atoms with Gasteiger partial charge in [-0.1, -0.05) is 0 Å². The molecule has 0 saturated heterocycles. The molecule has 0 N–H and O–H groups in total. The van der Waals surface area contributed by atoms with Gasteiger partial charge in [-0.15, -0.1) is 0 Å². The van der Waals surface area contributed by atoms with E-state index < -0.39 is 11.6 Å². The molecule has 1 rings (SSSR count). The van der Waals surface area contributed by atoms with Crippen molar-refractivity contribution in [3.8, 4) is 6.07 Å². The Labute approximate surface area is 101 Å². The van der Waals surface area contributed by atoms with Crippen molar-refractivity contribution in [2.45, 2.75) is 6.54 Å². The lowest BCUT2D eigenvalue weighted by molar-refractivity contribution is 0.385. The van der Waals surface area contributed by atoms with E-state index in [2.05, 4.69) is 0 Å². The first-order valence-corrected chi connectivity index (χ1v) is 5.26. The van der Waals surface area contributed by atoms with Crippen LogP contribution < -0.4 is 0 Å². The maximum absolute atomic E-state index is 13.4. The molecular weight excluding hydrogens is 313 g/mol. The first-order chi connectivity index (χ1) is 6.97. The van der Waals surface area contributed by atoms with Gasteiger partial charge in [-0.25, -0.2) is 8.78 Å². The monoisotopic (exact) mass is 322 g/mol. The Kier molecular flexibility index (Phi) is 3.99. The SMILES string of the molecule is CN(C)Cc1cc(I)c(C#N)c(F)c1F. The lowest BCUT2D eigenvalue weighted by Gasteiger charge is -2.12. The van der Waals surface area contributed by atoms with Gasteiger partial charge in [-0.3, -0.25) is 0 Å². The number of nitriles is 1. The Hall–Kier alpha value is -0.740. The van der Waals surface area contributed by atoms with Gasteiger partial charge in [0.1, 0.15) is 11.6 Å². The normalized spacial score (nSPS) is 10.5. The number of hydrogen-bond acceptors (Lipinski definition) is 2. The highest BCUT2D eigenvalue weighted by molar-refractivity contribution is 14.1. The van der Waals surface area contributed by atoms with E-state index in [1.165, 1.54) is 6.07 Å². The summed E-state index contributed by atoms with van der Waals surface area (Å²) >= 11 is 1.83. The fourth-order valence-corrected chi connectivity index (χ4v) is 1.94. The van der Waals surface area contributed by atoms with Crippen LogP contribution in [0.4, 0.5) is 8.78 Å². The highest BCUT2D eigenvalue weighted by Crippen LogP contribution is 2.22. The van der Waals surface area contributed by atoms with Gasteiger partial charge in [0, 0.05) is 15.7 Å². The molecule has 15 heavy (non-hydrogen) atoms. The maximum Gasteiger partial charge on any atom is 0.177 e. The molecule has 0 unspecified atom stereocenters. The molecular formula is C10H9F2IN2. The first-order valence-electron chi connectivity index (χ1n) is 4.18. The van der Waals surface area contributed by atoms with E-state index in [0.717, 1.165) is 0 Å². The lowest BCUT2D eigenvalue weighted by Crippen LogP contribution is -2.13. The van der Waals surface area contributed by atoms with Crippen LogP contribution in [0.15, 0.2) is 6.07 Å². The van der Waals surface area contributed by atoms with Crippen LogP contribution in [0, 0.1) is 26.5 Å². The van der Waals surface area contributed by atoms with Crippen LogP contribution >= 0.6 is 22.6 Å². The average Bonchev–Trinajstić information content (AvgIpc) is 2.14. The standard InChI is InChI=1S/C10H9F2IN2/c1-15(2)5-6-3-8(13)7(4-14)10(12)9(6)11/h3H,5H2,1-2H3. The van der Waals surface area contributed by atoms with Gasteiger partial charge in [-0.05, 0) is 42.8 Å². The molecule has 1 aromatic carbocycles. The molecule has 2 nitrogen and oxygen atoms in total. The van der Waals surface area contributed by atoms with Crippen LogP contribution in [-0.2, 0) is 6.54 Å². The zero-order chi connectivity index (χ0) is 11.6. The molecule has 0 aliphatic carbocycles. The van der Waals surface area contributed by atoms with E-state index in [4.69, 9.17) is 5.26 Å². The summed E-state index contributed by atoms with van der Waals surface area (Å²) < 4.78 is 27.2. The molecule has 0 saturated carbocycles. The van der Waals surface area contributed by atoms with Crippen LogP contribution in [0.3, 0.4) is 0 Å². The van der Waals surface area contributed by atoms with E-state index in [1.54, 1.807) is 25.1 Å². The number of benzene rings is 1. The van der Waals surface area contributed by atoms with E-state index in [1.807, 2.05) is 22.6 Å². The van der Waals surface area contributed by atoms with E-state index in [0.29, 0.717) is 10.1 Å². The Morgan fingerprint density at radius 2 is 2.00 bits per heavy atom. The molecule has 0 aliphatic heterocycles. The summed E-state index contributed by atoms with van der Waals surface area (Å²) in [6, 6.07) is 3.15. The Bertz CT molecular complexity index is 424.